The van der Waals surface area contributed by atoms with Gasteiger partial charge in [0.2, 0.25) is 5.91 Å². The standard InChI is InChI=1S/C21H24N8O3/c1-11-7-13(16-10-23-29(3)28-16)19(32-4)15(8-11)24-14-9-17(25-20(30)12-5-6-12)26-27-18(14)21(31)22-2/h7-10,12H,5-6H2,1-4H3,(H,22,31)(H2,24,25,26,30)/i2D3. The van der Waals surface area contributed by atoms with Crippen LogP contribution in [-0.2, 0) is 11.8 Å². The highest BCUT2D eigenvalue weighted by Gasteiger charge is 2.30. The average Bonchev–Trinajstić information content (AvgIpc) is 3.53. The van der Waals surface area contributed by atoms with Crippen LogP contribution in [0.15, 0.2) is 24.4 Å². The molecule has 4 rings (SSSR count). The molecule has 3 aromatic rings. The summed E-state index contributed by atoms with van der Waals surface area (Å²) in [5.41, 5.74) is 2.40. The quantitative estimate of drug-likeness (QED) is 0.509. The van der Waals surface area contributed by atoms with Crippen molar-refractivity contribution in [3.05, 3.63) is 35.7 Å². The Morgan fingerprint density at radius 3 is 2.69 bits per heavy atom. The van der Waals surface area contributed by atoms with E-state index in [0.717, 1.165) is 18.4 Å². The molecule has 1 aromatic carbocycles. The molecule has 1 aliphatic rings. The Balaban J connectivity index is 1.76. The van der Waals surface area contributed by atoms with Crippen LogP contribution in [0.25, 0.3) is 11.3 Å². The molecule has 2 amide bonds. The van der Waals surface area contributed by atoms with Gasteiger partial charge >= 0.3 is 0 Å². The largest absolute Gasteiger partial charge is 0.494 e. The summed E-state index contributed by atoms with van der Waals surface area (Å²) in [6.45, 7) is -0.853. The molecule has 0 bridgehead atoms. The first-order valence-electron chi connectivity index (χ1n) is 11.4. The second-order valence-corrected chi connectivity index (χ2v) is 7.45. The Labute approximate surface area is 188 Å². The van der Waals surface area contributed by atoms with E-state index in [1.165, 1.54) is 18.0 Å². The van der Waals surface area contributed by atoms with E-state index in [9.17, 15) is 9.59 Å². The summed E-state index contributed by atoms with van der Waals surface area (Å²) in [7, 11) is 3.19. The number of nitrogens with zero attached hydrogens (tertiary/aromatic N) is 5. The van der Waals surface area contributed by atoms with Crippen LogP contribution in [-0.4, -0.2) is 51.1 Å². The molecule has 11 heteroatoms. The average molecular weight is 439 g/mol. The number of carbonyl (C=O) groups is 2. The molecule has 2 aromatic heterocycles. The summed E-state index contributed by atoms with van der Waals surface area (Å²) >= 11 is 0. The fourth-order valence-electron chi connectivity index (χ4n) is 3.24. The maximum atomic E-state index is 12.7. The van der Waals surface area contributed by atoms with Crippen LogP contribution in [0.3, 0.4) is 0 Å². The third-order valence-electron chi connectivity index (χ3n) is 4.90. The molecule has 32 heavy (non-hydrogen) atoms. The van der Waals surface area contributed by atoms with Gasteiger partial charge in [-0.1, -0.05) is 0 Å². The molecule has 0 saturated heterocycles. The lowest BCUT2D eigenvalue weighted by Crippen LogP contribution is -2.22. The summed E-state index contributed by atoms with van der Waals surface area (Å²) in [5.74, 6) is -0.684. The molecular formula is C21H24N8O3. The fraction of sp³-hybridized carbons (Fsp3) is 0.333. The van der Waals surface area contributed by atoms with Crippen molar-refractivity contribution < 1.29 is 18.4 Å². The van der Waals surface area contributed by atoms with Crippen LogP contribution >= 0.6 is 0 Å². The van der Waals surface area contributed by atoms with E-state index < -0.39 is 12.9 Å². The highest BCUT2D eigenvalue weighted by molar-refractivity contribution is 6.00. The minimum Gasteiger partial charge on any atom is -0.494 e. The van der Waals surface area contributed by atoms with Gasteiger partial charge in [0.15, 0.2) is 17.3 Å². The second-order valence-electron chi connectivity index (χ2n) is 7.45. The zero-order chi connectivity index (χ0) is 25.3. The first-order valence-corrected chi connectivity index (χ1v) is 9.87. The van der Waals surface area contributed by atoms with Crippen molar-refractivity contribution in [3.63, 3.8) is 0 Å². The van der Waals surface area contributed by atoms with E-state index in [2.05, 4.69) is 31.0 Å². The number of aromatic nitrogens is 5. The van der Waals surface area contributed by atoms with E-state index in [4.69, 9.17) is 8.85 Å². The van der Waals surface area contributed by atoms with Crippen LogP contribution < -0.4 is 20.7 Å². The third-order valence-corrected chi connectivity index (χ3v) is 4.90. The number of aryl methyl sites for hydroxylation is 2. The molecule has 3 N–H and O–H groups in total. The number of nitrogens with one attached hydrogen (secondary N) is 3. The van der Waals surface area contributed by atoms with Crippen molar-refractivity contribution in [1.29, 1.82) is 0 Å². The number of anilines is 3. The second kappa shape index (κ2) is 8.61. The molecule has 0 spiro atoms. The lowest BCUT2D eigenvalue weighted by molar-refractivity contribution is -0.117. The molecule has 0 unspecified atom stereocenters. The van der Waals surface area contributed by atoms with Crippen molar-refractivity contribution in [2.24, 2.45) is 13.0 Å². The molecule has 0 atom stereocenters. The highest BCUT2D eigenvalue weighted by atomic mass is 16.5. The maximum Gasteiger partial charge on any atom is 0.273 e. The third kappa shape index (κ3) is 4.36. The number of carbonyl (C=O) groups excluding carboxylic acids is 2. The first-order chi connectivity index (χ1) is 16.5. The van der Waals surface area contributed by atoms with E-state index in [1.54, 1.807) is 19.3 Å². The van der Waals surface area contributed by atoms with Crippen molar-refractivity contribution >= 4 is 29.0 Å². The van der Waals surface area contributed by atoms with Gasteiger partial charge in [-0.3, -0.25) is 9.59 Å². The molecule has 166 valence electrons. The molecule has 0 radical (unpaired) electrons. The Bertz CT molecular complexity index is 1290. The van der Waals surface area contributed by atoms with Gasteiger partial charge in [-0.15, -0.1) is 10.2 Å². The predicted octanol–water partition coefficient (Wildman–Crippen LogP) is 2.04. The zero-order valence-corrected chi connectivity index (χ0v) is 17.8. The van der Waals surface area contributed by atoms with Gasteiger partial charge < -0.3 is 20.7 Å². The molecule has 1 fully saturated rings. The van der Waals surface area contributed by atoms with Crippen molar-refractivity contribution in [2.75, 3.05) is 24.7 Å². The van der Waals surface area contributed by atoms with E-state index in [-0.39, 0.29) is 29.0 Å². The number of ether oxygens (including phenoxy) is 1. The number of benzene rings is 1. The maximum absolute atomic E-state index is 12.7. The molecule has 11 nitrogen and oxygen atoms in total. The normalized spacial score (nSPS) is 14.7. The summed E-state index contributed by atoms with van der Waals surface area (Å²) in [4.78, 5) is 26.3. The minimum absolute atomic E-state index is 0.0712. The Morgan fingerprint density at radius 1 is 1.22 bits per heavy atom. The first kappa shape index (κ1) is 17.6. The summed E-state index contributed by atoms with van der Waals surface area (Å²) in [6, 6.07) is 5.08. The summed E-state index contributed by atoms with van der Waals surface area (Å²) < 4.78 is 27.7. The van der Waals surface area contributed by atoms with E-state index in [0.29, 0.717) is 22.7 Å². The Morgan fingerprint density at radius 2 is 2.03 bits per heavy atom. The lowest BCUT2D eigenvalue weighted by atomic mass is 10.1. The van der Waals surface area contributed by atoms with Crippen LogP contribution in [0, 0.1) is 12.8 Å². The molecule has 0 aliphatic heterocycles. The van der Waals surface area contributed by atoms with Gasteiger partial charge in [0.1, 0.15) is 5.69 Å². The SMILES string of the molecule is [2H]C([2H])([2H])NC(=O)c1nnc(NC(=O)C2CC2)cc1Nc1cc(C)cc(-c2cnn(C)n2)c1OC. The van der Waals surface area contributed by atoms with Crippen LogP contribution in [0.2, 0.25) is 0 Å². The number of rotatable bonds is 7. The number of hydrogen-bond acceptors (Lipinski definition) is 8. The Hall–Kier alpha value is -4.02. The van der Waals surface area contributed by atoms with Gasteiger partial charge in [0.25, 0.3) is 5.91 Å². The van der Waals surface area contributed by atoms with Gasteiger partial charge in [-0.2, -0.15) is 15.0 Å². The van der Waals surface area contributed by atoms with E-state index in [1.807, 2.05) is 18.3 Å². The molecule has 1 aliphatic carbocycles. The highest BCUT2D eigenvalue weighted by Crippen LogP contribution is 2.39. The van der Waals surface area contributed by atoms with Crippen LogP contribution in [0.1, 0.15) is 33.0 Å². The number of methoxy groups -OCH3 is 1. The molecule has 1 saturated carbocycles. The van der Waals surface area contributed by atoms with Crippen molar-refractivity contribution in [3.8, 4) is 17.0 Å². The summed E-state index contributed by atoms with van der Waals surface area (Å²) in [6.07, 6.45) is 3.19. The fourth-order valence-corrected chi connectivity index (χ4v) is 3.24. The minimum atomic E-state index is -2.73. The number of amides is 2. The smallest absolute Gasteiger partial charge is 0.273 e. The summed E-state index contributed by atoms with van der Waals surface area (Å²) in [5, 5.41) is 23.9. The predicted molar refractivity (Wildman–Crippen MR) is 118 cm³/mol. The van der Waals surface area contributed by atoms with Crippen LogP contribution in [0.5, 0.6) is 5.75 Å². The topological polar surface area (TPSA) is 136 Å². The zero-order valence-electron chi connectivity index (χ0n) is 20.8. The van der Waals surface area contributed by atoms with Crippen molar-refractivity contribution in [2.45, 2.75) is 19.8 Å². The van der Waals surface area contributed by atoms with Gasteiger partial charge in [0.05, 0.1) is 24.7 Å². The van der Waals surface area contributed by atoms with Crippen LogP contribution in [0.4, 0.5) is 17.2 Å². The van der Waals surface area contributed by atoms with Gasteiger partial charge in [-0.05, 0) is 37.5 Å². The Kier molecular flexibility index (Phi) is 4.75. The lowest BCUT2D eigenvalue weighted by Gasteiger charge is -2.17. The van der Waals surface area contributed by atoms with Crippen molar-refractivity contribution in [1.82, 2.24) is 30.5 Å². The van der Waals surface area contributed by atoms with Gasteiger partial charge in [0, 0.05) is 35.7 Å². The van der Waals surface area contributed by atoms with Gasteiger partial charge in [-0.25, -0.2) is 0 Å². The van der Waals surface area contributed by atoms with E-state index >= 15 is 0 Å². The molecular weight excluding hydrogens is 412 g/mol. The molecule has 2 heterocycles. The number of hydrogen-bond donors (Lipinski definition) is 3. The monoisotopic (exact) mass is 439 g/mol.